The number of benzene rings is 2. The summed E-state index contributed by atoms with van der Waals surface area (Å²) in [6.45, 7) is 3.16. The Balaban J connectivity index is 1.44. The first kappa shape index (κ1) is 23.1. The molecule has 4 aromatic rings. The number of aromatic nitrogens is 4. The number of carbonyl (C=O) groups is 1. The van der Waals surface area contributed by atoms with Crippen LogP contribution in [0.3, 0.4) is 0 Å². The number of fused-ring (bicyclic) bond motifs is 1. The van der Waals surface area contributed by atoms with Crippen molar-refractivity contribution in [3.63, 3.8) is 0 Å². The molecule has 0 bridgehead atoms. The fourth-order valence-electron chi connectivity index (χ4n) is 4.16. The quantitative estimate of drug-likeness (QED) is 0.413. The highest BCUT2D eigenvalue weighted by Gasteiger charge is 2.23. The maximum Gasteiger partial charge on any atom is 0.244 e. The molecule has 0 spiro atoms. The van der Waals surface area contributed by atoms with Crippen LogP contribution in [0.25, 0.3) is 22.8 Å². The van der Waals surface area contributed by atoms with Crippen molar-refractivity contribution in [2.24, 2.45) is 0 Å². The number of nitrogens with zero attached hydrogens (tertiary/aromatic N) is 5. The van der Waals surface area contributed by atoms with E-state index in [1.54, 1.807) is 29.5 Å². The Bertz CT molecular complexity index is 1360. The van der Waals surface area contributed by atoms with Gasteiger partial charge in [-0.3, -0.25) is 4.79 Å². The molecule has 10 heteroatoms. The van der Waals surface area contributed by atoms with E-state index < -0.39 is 5.82 Å². The maximum atomic E-state index is 13.9. The minimum Gasteiger partial charge on any atom is -0.494 e. The summed E-state index contributed by atoms with van der Waals surface area (Å²) < 4.78 is 34.1. The van der Waals surface area contributed by atoms with Gasteiger partial charge in [-0.2, -0.15) is 0 Å². The Hall–Kier alpha value is -3.66. The highest BCUT2D eigenvalue weighted by atomic mass is 32.1. The van der Waals surface area contributed by atoms with E-state index in [0.29, 0.717) is 42.3 Å². The summed E-state index contributed by atoms with van der Waals surface area (Å²) in [5.41, 5.74) is 2.23. The fraction of sp³-hybridized carbons (Fsp3) is 0.280. The highest BCUT2D eigenvalue weighted by Crippen LogP contribution is 2.28. The Kier molecular flexibility index (Phi) is 6.29. The van der Waals surface area contributed by atoms with Gasteiger partial charge in [-0.1, -0.05) is 0 Å². The van der Waals surface area contributed by atoms with Crippen LogP contribution in [0.4, 0.5) is 8.78 Å². The van der Waals surface area contributed by atoms with Crippen LogP contribution >= 0.6 is 11.3 Å². The monoisotopic (exact) mass is 495 g/mol. The Morgan fingerprint density at radius 1 is 1.06 bits per heavy atom. The predicted molar refractivity (Wildman–Crippen MR) is 128 cm³/mol. The molecule has 0 saturated heterocycles. The number of thiazole rings is 1. The van der Waals surface area contributed by atoms with E-state index in [0.717, 1.165) is 17.1 Å². The molecule has 7 nitrogen and oxygen atoms in total. The van der Waals surface area contributed by atoms with Gasteiger partial charge in [0.15, 0.2) is 23.2 Å². The predicted octanol–water partition coefficient (Wildman–Crippen LogP) is 4.29. The van der Waals surface area contributed by atoms with Crippen LogP contribution in [0, 0.1) is 18.6 Å². The molecular weight excluding hydrogens is 472 g/mol. The van der Waals surface area contributed by atoms with Crippen LogP contribution in [0.15, 0.2) is 42.5 Å². The summed E-state index contributed by atoms with van der Waals surface area (Å²) in [6, 6.07) is 10.2. The smallest absolute Gasteiger partial charge is 0.244 e. The van der Waals surface area contributed by atoms with Crippen molar-refractivity contribution in [3.8, 4) is 28.5 Å². The van der Waals surface area contributed by atoms with Crippen molar-refractivity contribution in [2.45, 2.75) is 26.3 Å². The summed E-state index contributed by atoms with van der Waals surface area (Å²) in [5, 5.41) is 5.61. The fourth-order valence-corrected chi connectivity index (χ4v) is 5.13. The van der Waals surface area contributed by atoms with E-state index in [1.807, 2.05) is 11.8 Å². The molecule has 0 aliphatic carbocycles. The van der Waals surface area contributed by atoms with Gasteiger partial charge in [0.25, 0.3) is 0 Å². The van der Waals surface area contributed by atoms with Crippen LogP contribution in [0.2, 0.25) is 0 Å². The van der Waals surface area contributed by atoms with Crippen LogP contribution < -0.4 is 4.74 Å². The molecule has 1 aliphatic heterocycles. The first-order chi connectivity index (χ1) is 16.9. The number of aryl methyl sites for hydroxylation is 1. The largest absolute Gasteiger partial charge is 0.494 e. The summed E-state index contributed by atoms with van der Waals surface area (Å²) in [4.78, 5) is 25.5. The highest BCUT2D eigenvalue weighted by molar-refractivity contribution is 7.11. The van der Waals surface area contributed by atoms with Crippen molar-refractivity contribution in [1.29, 1.82) is 0 Å². The third-order valence-corrected chi connectivity index (χ3v) is 7.01. The first-order valence-corrected chi connectivity index (χ1v) is 12.0. The molecule has 1 aliphatic rings. The number of hydrogen-bond donors (Lipinski definition) is 0. The SMILES string of the molecule is COc1cc(-c2nc(-c3ccc(F)cc3)n(CC(=O)N3CCc4nc(C)sc4CC3)n2)ccc1F. The van der Waals surface area contributed by atoms with Crippen molar-refractivity contribution in [3.05, 3.63) is 69.7 Å². The summed E-state index contributed by atoms with van der Waals surface area (Å²) in [7, 11) is 1.38. The molecule has 2 aromatic carbocycles. The molecule has 0 fully saturated rings. The van der Waals surface area contributed by atoms with Gasteiger partial charge in [-0.15, -0.1) is 16.4 Å². The average molecular weight is 496 g/mol. The number of hydrogen-bond acceptors (Lipinski definition) is 6. The zero-order valence-electron chi connectivity index (χ0n) is 19.3. The Morgan fingerprint density at radius 2 is 1.80 bits per heavy atom. The number of methoxy groups -OCH3 is 1. The topological polar surface area (TPSA) is 73.1 Å². The molecular formula is C25H23F2N5O2S. The molecule has 0 N–H and O–H groups in total. The minimum absolute atomic E-state index is 0.0296. The van der Waals surface area contributed by atoms with Crippen molar-refractivity contribution in [2.75, 3.05) is 20.2 Å². The molecule has 3 heterocycles. The summed E-state index contributed by atoms with van der Waals surface area (Å²) in [6.07, 6.45) is 1.49. The van der Waals surface area contributed by atoms with E-state index >= 15 is 0 Å². The van der Waals surface area contributed by atoms with Gasteiger partial charge >= 0.3 is 0 Å². The molecule has 0 saturated carbocycles. The number of carbonyl (C=O) groups excluding carboxylic acids is 1. The maximum absolute atomic E-state index is 13.9. The lowest BCUT2D eigenvalue weighted by molar-refractivity contribution is -0.131. The van der Waals surface area contributed by atoms with Crippen LogP contribution in [0.1, 0.15) is 15.6 Å². The third kappa shape index (κ3) is 4.79. The summed E-state index contributed by atoms with van der Waals surface area (Å²) >= 11 is 1.68. The van der Waals surface area contributed by atoms with Crippen LogP contribution in [0.5, 0.6) is 5.75 Å². The van der Waals surface area contributed by atoms with Crippen molar-refractivity contribution < 1.29 is 18.3 Å². The number of amides is 1. The number of rotatable bonds is 5. The first-order valence-electron chi connectivity index (χ1n) is 11.2. The van der Waals surface area contributed by atoms with Gasteiger partial charge in [0.05, 0.1) is 17.8 Å². The van der Waals surface area contributed by atoms with E-state index in [1.165, 1.54) is 40.9 Å². The van der Waals surface area contributed by atoms with Crippen LogP contribution in [-0.4, -0.2) is 50.8 Å². The van der Waals surface area contributed by atoms with Gasteiger partial charge in [0.1, 0.15) is 12.4 Å². The third-order valence-electron chi connectivity index (χ3n) is 5.93. The second-order valence-electron chi connectivity index (χ2n) is 8.26. The lowest BCUT2D eigenvalue weighted by Gasteiger charge is -2.20. The number of ether oxygens (including phenoxy) is 1. The van der Waals surface area contributed by atoms with Gasteiger partial charge in [0, 0.05) is 41.9 Å². The molecule has 1 amide bonds. The zero-order valence-corrected chi connectivity index (χ0v) is 20.1. The number of halogens is 2. The molecule has 0 atom stereocenters. The van der Waals surface area contributed by atoms with Gasteiger partial charge < -0.3 is 9.64 Å². The van der Waals surface area contributed by atoms with Crippen molar-refractivity contribution in [1.82, 2.24) is 24.6 Å². The van der Waals surface area contributed by atoms with Gasteiger partial charge in [-0.05, 0) is 49.4 Å². The molecule has 35 heavy (non-hydrogen) atoms. The van der Waals surface area contributed by atoms with E-state index in [2.05, 4.69) is 15.1 Å². The normalized spacial score (nSPS) is 13.4. The Morgan fingerprint density at radius 3 is 2.57 bits per heavy atom. The zero-order chi connectivity index (χ0) is 24.5. The molecule has 180 valence electrons. The molecule has 2 aromatic heterocycles. The summed E-state index contributed by atoms with van der Waals surface area (Å²) in [5.74, 6) is -0.159. The van der Waals surface area contributed by atoms with Gasteiger partial charge in [-0.25, -0.2) is 23.4 Å². The van der Waals surface area contributed by atoms with E-state index in [9.17, 15) is 13.6 Å². The minimum atomic E-state index is -0.496. The lowest BCUT2D eigenvalue weighted by Crippen LogP contribution is -2.36. The Labute approximate surface area is 205 Å². The second kappa shape index (κ2) is 9.53. The van der Waals surface area contributed by atoms with Crippen LogP contribution in [-0.2, 0) is 24.2 Å². The second-order valence-corrected chi connectivity index (χ2v) is 9.54. The van der Waals surface area contributed by atoms with E-state index in [4.69, 9.17) is 4.74 Å². The van der Waals surface area contributed by atoms with E-state index in [-0.39, 0.29) is 24.0 Å². The molecule has 0 unspecified atom stereocenters. The molecule has 5 rings (SSSR count). The standard InChI is InChI=1S/C25H23F2N5O2S/c1-15-28-20-9-11-31(12-10-22(20)35-15)23(33)14-32-25(16-3-6-18(26)7-4-16)29-24(30-32)17-5-8-19(27)21(13-17)34-2/h3-8,13H,9-12,14H2,1-2H3. The molecule has 0 radical (unpaired) electrons. The van der Waals surface area contributed by atoms with Gasteiger partial charge in [0.2, 0.25) is 5.91 Å². The lowest BCUT2D eigenvalue weighted by atomic mass is 10.2. The average Bonchev–Trinajstić information content (AvgIpc) is 3.36. The van der Waals surface area contributed by atoms with Crippen molar-refractivity contribution >= 4 is 17.2 Å².